The second-order valence-corrected chi connectivity index (χ2v) is 4.19. The molecule has 0 N–H and O–H groups in total. The molecule has 0 spiro atoms. The van der Waals surface area contributed by atoms with Crippen molar-refractivity contribution in [1.29, 1.82) is 0 Å². The molecule has 0 aliphatic rings. The van der Waals surface area contributed by atoms with Crippen molar-refractivity contribution in [3.63, 3.8) is 0 Å². The Morgan fingerprint density at radius 2 is 1.92 bits per heavy atom. The first-order chi connectivity index (χ1) is 6.16. The lowest BCUT2D eigenvalue weighted by Crippen LogP contribution is -1.88. The summed E-state index contributed by atoms with van der Waals surface area (Å²) in [7, 11) is 2.90. The molecule has 0 bridgehead atoms. The third-order valence-electron chi connectivity index (χ3n) is 2.19. The highest BCUT2D eigenvalue weighted by atomic mass is 31.1. The summed E-state index contributed by atoms with van der Waals surface area (Å²) >= 11 is 0. The van der Waals surface area contributed by atoms with E-state index in [1.165, 1.54) is 16.7 Å². The molecule has 70 valence electrons. The van der Waals surface area contributed by atoms with E-state index < -0.39 is 0 Å². The van der Waals surface area contributed by atoms with Crippen LogP contribution >= 0.6 is 18.0 Å². The Morgan fingerprint density at radius 1 is 1.23 bits per heavy atom. The molecule has 4 heteroatoms. The molecule has 0 aliphatic heterocycles. The number of aryl methyl sites for hydroxylation is 1. The van der Waals surface area contributed by atoms with Crippen LogP contribution in [-0.2, 0) is 0 Å². The SMILES string of the molecule is Cc1ccc(OP=NP)c(C)c1C. The lowest BCUT2D eigenvalue weighted by atomic mass is 10.0. The van der Waals surface area contributed by atoms with Gasteiger partial charge < -0.3 is 4.52 Å². The first kappa shape index (κ1) is 10.6. The zero-order valence-corrected chi connectivity index (χ0v) is 10.1. The summed E-state index contributed by atoms with van der Waals surface area (Å²) in [6.07, 6.45) is 0. The van der Waals surface area contributed by atoms with Crippen LogP contribution in [0, 0.1) is 20.8 Å². The highest BCUT2D eigenvalue weighted by molar-refractivity contribution is 7.31. The molecule has 1 atom stereocenters. The topological polar surface area (TPSA) is 21.6 Å². The number of hydrogen-bond donors (Lipinski definition) is 0. The fraction of sp³-hybridized carbons (Fsp3) is 0.333. The van der Waals surface area contributed by atoms with Crippen LogP contribution in [0.25, 0.3) is 0 Å². The van der Waals surface area contributed by atoms with E-state index in [4.69, 9.17) is 4.52 Å². The van der Waals surface area contributed by atoms with E-state index in [-0.39, 0.29) is 0 Å². The van der Waals surface area contributed by atoms with Gasteiger partial charge in [-0.1, -0.05) is 6.07 Å². The number of hydrogen-bond acceptors (Lipinski definition) is 2. The molecule has 13 heavy (non-hydrogen) atoms. The van der Waals surface area contributed by atoms with Crippen molar-refractivity contribution >= 4 is 18.0 Å². The second kappa shape index (κ2) is 4.69. The fourth-order valence-corrected chi connectivity index (χ4v) is 1.57. The van der Waals surface area contributed by atoms with Crippen LogP contribution in [-0.4, -0.2) is 0 Å². The summed E-state index contributed by atoms with van der Waals surface area (Å²) in [6, 6.07) is 4.05. The lowest BCUT2D eigenvalue weighted by Gasteiger charge is -2.08. The van der Waals surface area contributed by atoms with Crippen LogP contribution in [0.15, 0.2) is 16.6 Å². The summed E-state index contributed by atoms with van der Waals surface area (Å²) in [6.45, 7) is 6.27. The van der Waals surface area contributed by atoms with Crippen LogP contribution in [0.5, 0.6) is 5.75 Å². The highest BCUT2D eigenvalue weighted by Crippen LogP contribution is 2.26. The summed E-state index contributed by atoms with van der Waals surface area (Å²) in [5, 5.41) is 0. The molecule has 1 unspecified atom stereocenters. The maximum absolute atomic E-state index is 5.41. The van der Waals surface area contributed by atoms with Gasteiger partial charge in [0, 0.05) is 0 Å². The molecule has 0 fully saturated rings. The van der Waals surface area contributed by atoms with Crippen molar-refractivity contribution in [3.05, 3.63) is 28.8 Å². The Balaban J connectivity index is 3.03. The van der Waals surface area contributed by atoms with Gasteiger partial charge in [0.25, 0.3) is 0 Å². The first-order valence-electron chi connectivity index (χ1n) is 4.01. The van der Waals surface area contributed by atoms with E-state index in [1.54, 1.807) is 0 Å². The normalized spacial score (nSPS) is 10.8. The van der Waals surface area contributed by atoms with E-state index >= 15 is 0 Å². The van der Waals surface area contributed by atoms with Crippen LogP contribution in [0.3, 0.4) is 0 Å². The van der Waals surface area contributed by atoms with Crippen molar-refractivity contribution < 1.29 is 4.52 Å². The molecule has 0 aliphatic carbocycles. The van der Waals surface area contributed by atoms with Crippen LogP contribution < -0.4 is 4.52 Å². The van der Waals surface area contributed by atoms with Gasteiger partial charge >= 0.3 is 0 Å². The van der Waals surface area contributed by atoms with Crippen molar-refractivity contribution in [2.24, 2.45) is 4.52 Å². The largest absolute Gasteiger partial charge is 0.423 e. The molecule has 1 rings (SSSR count). The molecule has 0 saturated heterocycles. The molecule has 0 radical (unpaired) electrons. The number of benzene rings is 1. The average molecular weight is 213 g/mol. The Hall–Kier alpha value is -0.450. The first-order valence-corrected chi connectivity index (χ1v) is 5.29. The van der Waals surface area contributed by atoms with Gasteiger partial charge in [-0.25, -0.2) is 4.52 Å². The molecule has 1 aromatic carbocycles. The lowest BCUT2D eigenvalue weighted by molar-refractivity contribution is 0.631. The van der Waals surface area contributed by atoms with Gasteiger partial charge in [-0.15, -0.1) is 0 Å². The molecule has 0 saturated carbocycles. The molecule has 0 amide bonds. The minimum absolute atomic E-state index is 0.624. The fourth-order valence-electron chi connectivity index (χ4n) is 1.10. The predicted molar refractivity (Wildman–Crippen MR) is 60.3 cm³/mol. The summed E-state index contributed by atoms with van der Waals surface area (Å²) in [4.78, 5) is 0. The van der Waals surface area contributed by atoms with Crippen molar-refractivity contribution in [3.8, 4) is 5.75 Å². The van der Waals surface area contributed by atoms with Gasteiger partial charge in [0.15, 0.2) is 0 Å². The van der Waals surface area contributed by atoms with Gasteiger partial charge in [-0.3, -0.25) is 0 Å². The van der Waals surface area contributed by atoms with Crippen molar-refractivity contribution in [1.82, 2.24) is 0 Å². The van der Waals surface area contributed by atoms with E-state index in [2.05, 4.69) is 40.7 Å². The van der Waals surface area contributed by atoms with E-state index in [0.717, 1.165) is 5.75 Å². The molecule has 1 aromatic rings. The Morgan fingerprint density at radius 3 is 2.54 bits per heavy atom. The van der Waals surface area contributed by atoms with Gasteiger partial charge in [0.1, 0.15) is 5.75 Å². The summed E-state index contributed by atoms with van der Waals surface area (Å²) < 4.78 is 9.20. The molecule has 0 heterocycles. The van der Waals surface area contributed by atoms with Crippen molar-refractivity contribution in [2.45, 2.75) is 20.8 Å². The minimum atomic E-state index is 0.624. The quantitative estimate of drug-likeness (QED) is 0.684. The van der Waals surface area contributed by atoms with E-state index in [0.29, 0.717) is 8.60 Å². The van der Waals surface area contributed by atoms with Crippen LogP contribution in [0.2, 0.25) is 0 Å². The van der Waals surface area contributed by atoms with Gasteiger partial charge in [0.2, 0.25) is 8.60 Å². The average Bonchev–Trinajstić information content (AvgIpc) is 2.13. The van der Waals surface area contributed by atoms with Gasteiger partial charge in [-0.05, 0) is 52.9 Å². The van der Waals surface area contributed by atoms with Crippen LogP contribution in [0.4, 0.5) is 0 Å². The third kappa shape index (κ3) is 2.49. The Labute approximate surface area is 82.9 Å². The monoisotopic (exact) mass is 213 g/mol. The highest BCUT2D eigenvalue weighted by Gasteiger charge is 2.03. The van der Waals surface area contributed by atoms with Gasteiger partial charge in [0.05, 0.1) is 0 Å². The third-order valence-corrected chi connectivity index (χ3v) is 2.85. The molecule has 0 aromatic heterocycles. The number of nitrogens with zero attached hydrogens (tertiary/aromatic N) is 1. The molecular formula is C9H13NOP2. The molecule has 2 nitrogen and oxygen atoms in total. The molecular weight excluding hydrogens is 200 g/mol. The summed E-state index contributed by atoms with van der Waals surface area (Å²) in [5.74, 6) is 0.913. The maximum Gasteiger partial charge on any atom is 0.245 e. The number of rotatable bonds is 2. The maximum atomic E-state index is 5.41. The zero-order chi connectivity index (χ0) is 9.84. The van der Waals surface area contributed by atoms with Crippen molar-refractivity contribution in [2.75, 3.05) is 0 Å². The zero-order valence-electron chi connectivity index (χ0n) is 8.03. The summed E-state index contributed by atoms with van der Waals surface area (Å²) in [5.41, 5.74) is 3.78. The smallest absolute Gasteiger partial charge is 0.245 e. The Kier molecular flexibility index (Phi) is 3.84. The predicted octanol–water partition coefficient (Wildman–Crippen LogP) is 3.83. The Bertz CT molecular complexity index is 337. The van der Waals surface area contributed by atoms with Gasteiger partial charge in [-0.2, -0.15) is 0 Å². The second-order valence-electron chi connectivity index (χ2n) is 2.92. The standard InChI is InChI=1S/C9H13NOP2/c1-6-4-5-9(11-13-10-12)8(3)7(6)2/h4-5H,12H2,1-3H3. The van der Waals surface area contributed by atoms with E-state index in [1.807, 2.05) is 6.07 Å². The minimum Gasteiger partial charge on any atom is -0.423 e. The van der Waals surface area contributed by atoms with Crippen LogP contribution in [0.1, 0.15) is 16.7 Å². The van der Waals surface area contributed by atoms with E-state index in [9.17, 15) is 0 Å².